The fourth-order valence-corrected chi connectivity index (χ4v) is 5.11. The molecule has 4 fully saturated rings. The first-order valence-corrected chi connectivity index (χ1v) is 8.47. The van der Waals surface area contributed by atoms with E-state index in [-0.39, 0.29) is 23.3 Å². The highest BCUT2D eigenvalue weighted by atomic mass is 16.6. The molecule has 0 N–H and O–H groups in total. The second-order valence-electron chi connectivity index (χ2n) is 9.13. The Hall–Kier alpha value is -1.06. The van der Waals surface area contributed by atoms with E-state index in [1.54, 1.807) is 0 Å². The summed E-state index contributed by atoms with van der Waals surface area (Å²) in [4.78, 5) is 25.0. The largest absolute Gasteiger partial charge is 0.459 e. The van der Waals surface area contributed by atoms with Gasteiger partial charge in [-0.05, 0) is 51.9 Å². The summed E-state index contributed by atoms with van der Waals surface area (Å²) < 4.78 is 11.9. The lowest BCUT2D eigenvalue weighted by Gasteiger charge is -2.54. The van der Waals surface area contributed by atoms with E-state index in [0.29, 0.717) is 12.8 Å². The van der Waals surface area contributed by atoms with E-state index < -0.39 is 16.6 Å². The Kier molecular flexibility index (Phi) is 3.22. The maximum atomic E-state index is 12.6. The van der Waals surface area contributed by atoms with Gasteiger partial charge in [-0.1, -0.05) is 13.8 Å². The molecule has 4 heteroatoms. The van der Waals surface area contributed by atoms with E-state index in [9.17, 15) is 9.59 Å². The number of carbonyl (C=O) groups is 2. The minimum Gasteiger partial charge on any atom is -0.459 e. The quantitative estimate of drug-likeness (QED) is 0.747. The number of ether oxygens (including phenoxy) is 2. The van der Waals surface area contributed by atoms with Crippen molar-refractivity contribution in [2.24, 2.45) is 16.7 Å². The highest BCUT2D eigenvalue weighted by Gasteiger charge is 2.63. The summed E-state index contributed by atoms with van der Waals surface area (Å²) in [6.07, 6.45) is 4.60. The fraction of sp³-hybridized carbons (Fsp3) is 0.889. The molecule has 0 aromatic carbocycles. The lowest BCUT2D eigenvalue weighted by molar-refractivity contribution is -0.199. The van der Waals surface area contributed by atoms with Crippen LogP contribution in [0.4, 0.5) is 0 Å². The summed E-state index contributed by atoms with van der Waals surface area (Å²) in [5.74, 6) is -0.365. The van der Waals surface area contributed by atoms with Crippen LogP contribution in [0.15, 0.2) is 0 Å². The molecule has 4 rings (SSSR count). The van der Waals surface area contributed by atoms with Gasteiger partial charge in [0.25, 0.3) is 0 Å². The van der Waals surface area contributed by atoms with Crippen LogP contribution in [0.1, 0.15) is 73.1 Å². The number of esters is 2. The van der Waals surface area contributed by atoms with Crippen molar-refractivity contribution in [1.29, 1.82) is 0 Å². The van der Waals surface area contributed by atoms with Gasteiger partial charge in [0.1, 0.15) is 11.2 Å². The first kappa shape index (κ1) is 15.8. The van der Waals surface area contributed by atoms with Gasteiger partial charge in [-0.15, -0.1) is 0 Å². The Bertz CT molecular complexity index is 525. The molecule has 0 aromatic heterocycles. The van der Waals surface area contributed by atoms with Crippen LogP contribution < -0.4 is 0 Å². The maximum Gasteiger partial charge on any atom is 0.312 e. The number of carbonyl (C=O) groups excluding carboxylic acids is 2. The standard InChI is InChI=1S/C18H28O4/c1-6-15(2,3)14(20)22-18-8-12-7-16(4,10-18)9-17(5,11-18)21-13(12)19/h12H,6-11H2,1-5H3. The second kappa shape index (κ2) is 4.48. The lowest BCUT2D eigenvalue weighted by Crippen LogP contribution is -2.56. The summed E-state index contributed by atoms with van der Waals surface area (Å²) >= 11 is 0. The Morgan fingerprint density at radius 2 is 1.95 bits per heavy atom. The van der Waals surface area contributed by atoms with Gasteiger partial charge in [-0.2, -0.15) is 0 Å². The van der Waals surface area contributed by atoms with Gasteiger partial charge in [-0.3, -0.25) is 9.59 Å². The Morgan fingerprint density at radius 3 is 2.59 bits per heavy atom. The number of hydrogen-bond acceptors (Lipinski definition) is 4. The highest BCUT2D eigenvalue weighted by molar-refractivity contribution is 5.77. The average molecular weight is 308 g/mol. The predicted molar refractivity (Wildman–Crippen MR) is 82.1 cm³/mol. The van der Waals surface area contributed by atoms with Crippen LogP contribution in [0, 0.1) is 16.7 Å². The average Bonchev–Trinajstić information content (AvgIpc) is 2.45. The molecule has 2 heterocycles. The van der Waals surface area contributed by atoms with E-state index >= 15 is 0 Å². The van der Waals surface area contributed by atoms with Crippen molar-refractivity contribution in [1.82, 2.24) is 0 Å². The van der Waals surface area contributed by atoms with Crippen LogP contribution in [0.5, 0.6) is 0 Å². The monoisotopic (exact) mass is 308 g/mol. The summed E-state index contributed by atoms with van der Waals surface area (Å²) in [5, 5.41) is 0. The molecule has 4 unspecified atom stereocenters. The van der Waals surface area contributed by atoms with Gasteiger partial charge in [0.05, 0.1) is 11.3 Å². The molecule has 2 saturated carbocycles. The molecule has 4 aliphatic rings. The third-order valence-corrected chi connectivity index (χ3v) is 6.03. The van der Waals surface area contributed by atoms with Crippen molar-refractivity contribution in [2.75, 3.05) is 0 Å². The molecule has 4 bridgehead atoms. The van der Waals surface area contributed by atoms with Crippen molar-refractivity contribution in [3.8, 4) is 0 Å². The summed E-state index contributed by atoms with van der Waals surface area (Å²) in [5.41, 5.74) is -1.48. The molecule has 4 nitrogen and oxygen atoms in total. The first-order valence-electron chi connectivity index (χ1n) is 8.47. The van der Waals surface area contributed by atoms with Crippen molar-refractivity contribution >= 4 is 11.9 Å². The normalized spacial score (nSPS) is 43.7. The van der Waals surface area contributed by atoms with Crippen LogP contribution >= 0.6 is 0 Å². The molecule has 0 radical (unpaired) electrons. The van der Waals surface area contributed by atoms with E-state index in [1.165, 1.54) is 0 Å². The van der Waals surface area contributed by atoms with E-state index in [2.05, 4.69) is 6.92 Å². The van der Waals surface area contributed by atoms with Gasteiger partial charge >= 0.3 is 11.9 Å². The lowest BCUT2D eigenvalue weighted by atomic mass is 9.55. The van der Waals surface area contributed by atoms with E-state index in [1.807, 2.05) is 27.7 Å². The molecule has 124 valence electrons. The molecule has 0 aromatic rings. The molecule has 2 aliphatic heterocycles. The second-order valence-corrected chi connectivity index (χ2v) is 9.13. The summed E-state index contributed by atoms with van der Waals surface area (Å²) in [6.45, 7) is 10.1. The third kappa shape index (κ3) is 2.44. The number of hydrogen-bond donors (Lipinski definition) is 0. The molecule has 2 aliphatic carbocycles. The Labute approximate surface area is 132 Å². The summed E-state index contributed by atoms with van der Waals surface area (Å²) in [6, 6.07) is 0. The predicted octanol–water partition coefficient (Wildman–Crippen LogP) is 3.62. The molecule has 4 atom stereocenters. The molecule has 22 heavy (non-hydrogen) atoms. The number of rotatable bonds is 3. The molecule has 0 amide bonds. The van der Waals surface area contributed by atoms with Crippen molar-refractivity contribution in [2.45, 2.75) is 84.3 Å². The van der Waals surface area contributed by atoms with Crippen molar-refractivity contribution < 1.29 is 19.1 Å². The molecule has 0 spiro atoms. The Balaban J connectivity index is 1.94. The van der Waals surface area contributed by atoms with E-state index in [0.717, 1.165) is 25.7 Å². The minimum absolute atomic E-state index is 0.0265. The SMILES string of the molecule is CCC(C)(C)C(=O)OC12CC3CC(C)(CC(C)(C1)OC3=O)C2. The smallest absolute Gasteiger partial charge is 0.312 e. The minimum atomic E-state index is -0.527. The van der Waals surface area contributed by atoms with Gasteiger partial charge in [0, 0.05) is 12.8 Å². The zero-order valence-corrected chi connectivity index (χ0v) is 14.5. The maximum absolute atomic E-state index is 12.6. The van der Waals surface area contributed by atoms with Crippen molar-refractivity contribution in [3.05, 3.63) is 0 Å². The molecular formula is C18H28O4. The summed E-state index contributed by atoms with van der Waals surface area (Å²) in [7, 11) is 0. The number of fused-ring (bicyclic) bond motifs is 1. The zero-order chi connectivity index (χ0) is 16.4. The van der Waals surface area contributed by atoms with Crippen molar-refractivity contribution in [3.63, 3.8) is 0 Å². The molecule has 2 saturated heterocycles. The fourth-order valence-electron chi connectivity index (χ4n) is 5.11. The Morgan fingerprint density at radius 1 is 1.27 bits per heavy atom. The molecular weight excluding hydrogens is 280 g/mol. The van der Waals surface area contributed by atoms with Gasteiger partial charge in [-0.25, -0.2) is 0 Å². The van der Waals surface area contributed by atoms with Crippen LogP contribution in [-0.2, 0) is 19.1 Å². The van der Waals surface area contributed by atoms with E-state index in [4.69, 9.17) is 9.47 Å². The highest BCUT2D eigenvalue weighted by Crippen LogP contribution is 2.61. The van der Waals surface area contributed by atoms with Crippen LogP contribution in [0.3, 0.4) is 0 Å². The third-order valence-electron chi connectivity index (χ3n) is 6.03. The topological polar surface area (TPSA) is 52.6 Å². The first-order chi connectivity index (χ1) is 10.0. The van der Waals surface area contributed by atoms with Crippen LogP contribution in [0.2, 0.25) is 0 Å². The van der Waals surface area contributed by atoms with Crippen LogP contribution in [0.25, 0.3) is 0 Å². The van der Waals surface area contributed by atoms with Gasteiger partial charge in [0.2, 0.25) is 0 Å². The van der Waals surface area contributed by atoms with Gasteiger partial charge < -0.3 is 9.47 Å². The zero-order valence-electron chi connectivity index (χ0n) is 14.5. The van der Waals surface area contributed by atoms with Crippen LogP contribution in [-0.4, -0.2) is 23.1 Å². The van der Waals surface area contributed by atoms with Gasteiger partial charge in [0.15, 0.2) is 0 Å².